The van der Waals surface area contributed by atoms with Gasteiger partial charge in [0.2, 0.25) is 0 Å². The van der Waals surface area contributed by atoms with Crippen LogP contribution in [0.5, 0.6) is 0 Å². The number of hydrogen-bond acceptors (Lipinski definition) is 2. The van der Waals surface area contributed by atoms with Gasteiger partial charge in [0.05, 0.1) is 0 Å². The summed E-state index contributed by atoms with van der Waals surface area (Å²) in [5, 5.41) is 0. The molecule has 1 rings (SSSR count). The molecule has 1 nitrogen and oxygen atoms in total. The quantitative estimate of drug-likeness (QED) is 0.608. The van der Waals surface area contributed by atoms with Gasteiger partial charge in [-0.25, -0.2) is 0 Å². The summed E-state index contributed by atoms with van der Waals surface area (Å²) in [4.78, 5) is 2.44. The first-order valence-corrected chi connectivity index (χ1v) is 4.43. The maximum absolute atomic E-state index is 11.8. The van der Waals surface area contributed by atoms with E-state index in [1.165, 1.54) is 24.3 Å². The molecule has 0 amide bonds. The largest absolute Gasteiger partial charge is 0.446 e. The summed E-state index contributed by atoms with van der Waals surface area (Å²) in [6, 6.07) is 5.65. The summed E-state index contributed by atoms with van der Waals surface area (Å²) in [7, 11) is 0. The Hall–Kier alpha value is -0.550. The van der Waals surface area contributed by atoms with E-state index in [9.17, 15) is 13.2 Å². The van der Waals surface area contributed by atoms with Gasteiger partial charge in [0.15, 0.2) is 0 Å². The lowest BCUT2D eigenvalue weighted by atomic mass is 10.3. The third-order valence-electron chi connectivity index (χ3n) is 1.20. The number of halogens is 4. The Labute approximate surface area is 82.4 Å². The molecule has 0 radical (unpaired) electrons. The van der Waals surface area contributed by atoms with E-state index in [-0.39, 0.29) is 16.7 Å². The van der Waals surface area contributed by atoms with Crippen molar-refractivity contribution in [2.24, 2.45) is 0 Å². The maximum Gasteiger partial charge on any atom is 0.446 e. The van der Waals surface area contributed by atoms with Gasteiger partial charge >= 0.3 is 5.51 Å². The van der Waals surface area contributed by atoms with E-state index >= 15 is 0 Å². The Bertz CT molecular complexity index is 272. The van der Waals surface area contributed by atoms with Crippen LogP contribution in [0.1, 0.15) is 0 Å². The molecule has 0 atom stereocenters. The van der Waals surface area contributed by atoms with Crippen molar-refractivity contribution in [3.8, 4) is 0 Å². The summed E-state index contributed by atoms with van der Waals surface area (Å²) in [5.74, 6) is 0. The summed E-state index contributed by atoms with van der Waals surface area (Å²) < 4.78 is 35.5. The molecule has 0 spiro atoms. The Morgan fingerprint density at radius 1 is 1.15 bits per heavy atom. The van der Waals surface area contributed by atoms with E-state index in [4.69, 9.17) is 11.8 Å². The van der Waals surface area contributed by atoms with Crippen LogP contribution in [-0.4, -0.2) is 5.51 Å². The van der Waals surface area contributed by atoms with Crippen molar-refractivity contribution >= 4 is 29.2 Å². The zero-order valence-electron chi connectivity index (χ0n) is 6.23. The molecule has 0 saturated heterocycles. The van der Waals surface area contributed by atoms with Crippen molar-refractivity contribution in [1.29, 1.82) is 0 Å². The fourth-order valence-corrected chi connectivity index (χ4v) is 1.39. The third-order valence-corrected chi connectivity index (χ3v) is 2.15. The second-order valence-corrected chi connectivity index (χ2v) is 3.49. The molecule has 6 heteroatoms. The highest BCUT2D eigenvalue weighted by Crippen LogP contribution is 2.36. The number of benzene rings is 1. The Morgan fingerprint density at radius 2 is 1.69 bits per heavy atom. The van der Waals surface area contributed by atoms with E-state index < -0.39 is 5.51 Å². The predicted octanol–water partition coefficient (Wildman–Crippen LogP) is 3.86. The molecule has 0 aromatic heterocycles. The standard InChI is InChI=1S/C7H5ClF3NS/c8-12-5-1-3-6(4-2-5)13-7(9,10)11/h1-4,12H. The first-order valence-electron chi connectivity index (χ1n) is 3.24. The van der Waals surface area contributed by atoms with Gasteiger partial charge in [0.1, 0.15) is 0 Å². The van der Waals surface area contributed by atoms with E-state index in [1.807, 2.05) is 0 Å². The topological polar surface area (TPSA) is 12.0 Å². The maximum atomic E-state index is 11.8. The number of thioether (sulfide) groups is 1. The van der Waals surface area contributed by atoms with Gasteiger partial charge in [-0.2, -0.15) is 13.2 Å². The first-order chi connectivity index (χ1) is 6.01. The molecule has 0 saturated carbocycles. The monoisotopic (exact) mass is 227 g/mol. The normalized spacial score (nSPS) is 11.4. The molecule has 0 unspecified atom stereocenters. The van der Waals surface area contributed by atoms with Gasteiger partial charge in [0.25, 0.3) is 0 Å². The third kappa shape index (κ3) is 3.78. The first kappa shape index (κ1) is 10.5. The van der Waals surface area contributed by atoms with Crippen LogP contribution in [0.25, 0.3) is 0 Å². The number of anilines is 1. The molecule has 0 bridgehead atoms. The minimum atomic E-state index is -4.24. The van der Waals surface area contributed by atoms with Gasteiger partial charge in [-0.1, -0.05) is 0 Å². The van der Waals surface area contributed by atoms with Crippen molar-refractivity contribution in [1.82, 2.24) is 0 Å². The molecule has 0 aliphatic rings. The molecular formula is C7H5ClF3NS. The number of hydrogen-bond donors (Lipinski definition) is 1. The number of rotatable bonds is 2. The van der Waals surface area contributed by atoms with Gasteiger partial charge in [0, 0.05) is 22.4 Å². The van der Waals surface area contributed by atoms with Gasteiger partial charge in [-0.05, 0) is 36.0 Å². The highest BCUT2D eigenvalue weighted by molar-refractivity contribution is 8.00. The van der Waals surface area contributed by atoms with Crippen LogP contribution in [0, 0.1) is 0 Å². The van der Waals surface area contributed by atoms with Gasteiger partial charge in [-0.3, -0.25) is 4.84 Å². The van der Waals surface area contributed by atoms with Crippen LogP contribution in [0.15, 0.2) is 29.2 Å². The van der Waals surface area contributed by atoms with Crippen molar-refractivity contribution in [2.75, 3.05) is 4.84 Å². The average molecular weight is 228 g/mol. The van der Waals surface area contributed by atoms with E-state index in [1.54, 1.807) is 0 Å². The zero-order chi connectivity index (χ0) is 9.90. The SMILES string of the molecule is FC(F)(F)Sc1ccc(NCl)cc1. The molecule has 1 aromatic carbocycles. The van der Waals surface area contributed by atoms with Crippen molar-refractivity contribution in [3.05, 3.63) is 24.3 Å². The average Bonchev–Trinajstić information content (AvgIpc) is 2.03. The van der Waals surface area contributed by atoms with Gasteiger partial charge < -0.3 is 0 Å². The Balaban J connectivity index is 2.70. The minimum Gasteiger partial charge on any atom is -0.299 e. The molecule has 0 fully saturated rings. The summed E-state index contributed by atoms with van der Waals surface area (Å²) in [6.45, 7) is 0. The van der Waals surface area contributed by atoms with E-state index in [0.717, 1.165) is 0 Å². The minimum absolute atomic E-state index is 0.142. The molecule has 0 aliphatic heterocycles. The summed E-state index contributed by atoms with van der Waals surface area (Å²) in [6.07, 6.45) is 0. The van der Waals surface area contributed by atoms with Crippen molar-refractivity contribution in [3.63, 3.8) is 0 Å². The summed E-state index contributed by atoms with van der Waals surface area (Å²) in [5.41, 5.74) is -3.68. The fraction of sp³-hybridized carbons (Fsp3) is 0.143. The van der Waals surface area contributed by atoms with Crippen LogP contribution in [0.3, 0.4) is 0 Å². The summed E-state index contributed by atoms with van der Waals surface area (Å²) >= 11 is 5.08. The molecule has 1 N–H and O–H groups in total. The Kier molecular flexibility index (Phi) is 3.33. The van der Waals surface area contributed by atoms with E-state index in [2.05, 4.69) is 4.84 Å². The van der Waals surface area contributed by atoms with Gasteiger partial charge in [-0.15, -0.1) is 0 Å². The molecule has 13 heavy (non-hydrogen) atoms. The van der Waals surface area contributed by atoms with Crippen LogP contribution in [0.4, 0.5) is 18.9 Å². The molecule has 0 heterocycles. The van der Waals surface area contributed by atoms with Crippen LogP contribution in [0.2, 0.25) is 0 Å². The molecular weight excluding hydrogens is 223 g/mol. The molecule has 0 aliphatic carbocycles. The second-order valence-electron chi connectivity index (χ2n) is 2.17. The lowest BCUT2D eigenvalue weighted by molar-refractivity contribution is -0.0328. The lowest BCUT2D eigenvalue weighted by Crippen LogP contribution is -1.98. The zero-order valence-corrected chi connectivity index (χ0v) is 7.80. The highest BCUT2D eigenvalue weighted by Gasteiger charge is 2.28. The number of alkyl halides is 3. The number of nitrogens with one attached hydrogen (secondary N) is 1. The van der Waals surface area contributed by atoms with Crippen molar-refractivity contribution in [2.45, 2.75) is 10.4 Å². The van der Waals surface area contributed by atoms with Crippen LogP contribution >= 0.6 is 23.5 Å². The predicted molar refractivity (Wildman–Crippen MR) is 47.8 cm³/mol. The molecule has 1 aromatic rings. The highest BCUT2D eigenvalue weighted by atomic mass is 35.5. The smallest absolute Gasteiger partial charge is 0.299 e. The van der Waals surface area contributed by atoms with Crippen LogP contribution in [-0.2, 0) is 0 Å². The fourth-order valence-electron chi connectivity index (χ4n) is 0.720. The van der Waals surface area contributed by atoms with Crippen LogP contribution < -0.4 is 4.84 Å². The van der Waals surface area contributed by atoms with E-state index in [0.29, 0.717) is 5.69 Å². The van der Waals surface area contributed by atoms with Crippen molar-refractivity contribution < 1.29 is 13.2 Å². The molecule has 72 valence electrons. The lowest BCUT2D eigenvalue weighted by Gasteiger charge is -2.05. The Morgan fingerprint density at radius 3 is 2.08 bits per heavy atom. The second kappa shape index (κ2) is 4.11.